The number of quaternary nitrogens is 1. The van der Waals surface area contributed by atoms with Crippen molar-refractivity contribution >= 4 is 7.82 Å². The highest BCUT2D eigenvalue weighted by Crippen LogP contribution is 2.43. The van der Waals surface area contributed by atoms with Crippen LogP contribution in [0.15, 0.2) is 0 Å². The Morgan fingerprint density at radius 3 is 2.29 bits per heavy atom. The summed E-state index contributed by atoms with van der Waals surface area (Å²) in [6.07, 6.45) is -1.07. The highest BCUT2D eigenvalue weighted by atomic mass is 31.2. The SMILES string of the molecule is C[N+](C)(C)CCOP(=O)(O)OC[C@@H](CO)OO. The van der Waals surface area contributed by atoms with E-state index < -0.39 is 27.1 Å². The van der Waals surface area contributed by atoms with E-state index in [4.69, 9.17) is 14.9 Å². The monoisotopic (exact) mass is 274 g/mol. The molecule has 0 spiro atoms. The molecule has 0 aromatic rings. The van der Waals surface area contributed by atoms with Gasteiger partial charge in [0.15, 0.2) is 0 Å². The lowest BCUT2D eigenvalue weighted by molar-refractivity contribution is -0.870. The summed E-state index contributed by atoms with van der Waals surface area (Å²) in [6, 6.07) is 0. The van der Waals surface area contributed by atoms with Gasteiger partial charge in [0.1, 0.15) is 19.3 Å². The van der Waals surface area contributed by atoms with Crippen molar-refractivity contribution in [2.24, 2.45) is 0 Å². The zero-order chi connectivity index (χ0) is 13.5. The third kappa shape index (κ3) is 9.63. The number of phosphoric ester groups is 1. The van der Waals surface area contributed by atoms with Crippen LogP contribution in [0.5, 0.6) is 0 Å². The van der Waals surface area contributed by atoms with Gasteiger partial charge >= 0.3 is 7.82 Å². The van der Waals surface area contributed by atoms with E-state index in [9.17, 15) is 9.46 Å². The number of rotatable bonds is 9. The Bertz CT molecular complexity index is 251. The van der Waals surface area contributed by atoms with Crippen LogP contribution in [-0.4, -0.2) is 73.4 Å². The summed E-state index contributed by atoms with van der Waals surface area (Å²) in [5.41, 5.74) is 0. The molecule has 0 saturated carbocycles. The molecule has 8 nitrogen and oxygen atoms in total. The molecule has 0 aliphatic carbocycles. The second kappa shape index (κ2) is 7.40. The van der Waals surface area contributed by atoms with E-state index >= 15 is 0 Å². The van der Waals surface area contributed by atoms with Crippen LogP contribution in [0, 0.1) is 0 Å². The van der Waals surface area contributed by atoms with E-state index in [-0.39, 0.29) is 6.61 Å². The van der Waals surface area contributed by atoms with E-state index in [1.54, 1.807) is 0 Å². The number of nitrogens with zero attached hydrogens (tertiary/aromatic N) is 1. The van der Waals surface area contributed by atoms with E-state index in [1.807, 2.05) is 21.1 Å². The normalized spacial score (nSPS) is 17.8. The number of likely N-dealkylation sites (N-methyl/N-ethyl adjacent to an activating group) is 1. The topological polar surface area (TPSA) is 105 Å². The quantitative estimate of drug-likeness (QED) is 0.229. The summed E-state index contributed by atoms with van der Waals surface area (Å²) in [5.74, 6) is 0. The number of aliphatic hydroxyl groups excluding tert-OH is 1. The Morgan fingerprint density at radius 1 is 1.29 bits per heavy atom. The lowest BCUT2D eigenvalue weighted by Crippen LogP contribution is -2.37. The second-order valence-electron chi connectivity index (χ2n) is 4.52. The third-order valence-electron chi connectivity index (χ3n) is 1.79. The van der Waals surface area contributed by atoms with Crippen LogP contribution in [0.3, 0.4) is 0 Å². The Hall–Kier alpha value is -0.0500. The van der Waals surface area contributed by atoms with E-state index in [0.29, 0.717) is 11.0 Å². The van der Waals surface area contributed by atoms with Gasteiger partial charge in [-0.1, -0.05) is 0 Å². The number of hydrogen-bond acceptors (Lipinski definition) is 6. The molecule has 17 heavy (non-hydrogen) atoms. The van der Waals surface area contributed by atoms with Gasteiger partial charge in [0, 0.05) is 0 Å². The average molecular weight is 274 g/mol. The first-order valence-electron chi connectivity index (χ1n) is 5.03. The first-order valence-corrected chi connectivity index (χ1v) is 6.53. The van der Waals surface area contributed by atoms with E-state index in [2.05, 4.69) is 9.41 Å². The summed E-state index contributed by atoms with van der Waals surface area (Å²) in [5, 5.41) is 16.9. The van der Waals surface area contributed by atoms with Crippen molar-refractivity contribution in [3.8, 4) is 0 Å². The zero-order valence-corrected chi connectivity index (χ0v) is 11.2. The van der Waals surface area contributed by atoms with Crippen LogP contribution in [0.25, 0.3) is 0 Å². The summed E-state index contributed by atoms with van der Waals surface area (Å²) >= 11 is 0. The predicted molar refractivity (Wildman–Crippen MR) is 59.2 cm³/mol. The molecule has 0 heterocycles. The molecule has 0 aromatic heterocycles. The number of aliphatic hydroxyl groups is 1. The van der Waals surface area contributed by atoms with Crippen LogP contribution >= 0.6 is 7.82 Å². The van der Waals surface area contributed by atoms with Crippen molar-refractivity contribution in [2.75, 3.05) is 47.5 Å². The third-order valence-corrected chi connectivity index (χ3v) is 2.78. The largest absolute Gasteiger partial charge is 0.472 e. The second-order valence-corrected chi connectivity index (χ2v) is 5.97. The average Bonchev–Trinajstić information content (AvgIpc) is 2.16. The number of hydrogen-bond donors (Lipinski definition) is 3. The fraction of sp³-hybridized carbons (Fsp3) is 1.00. The van der Waals surface area contributed by atoms with Gasteiger partial charge in [-0.15, -0.1) is 0 Å². The molecule has 0 aromatic carbocycles. The van der Waals surface area contributed by atoms with E-state index in [1.165, 1.54) is 0 Å². The van der Waals surface area contributed by atoms with Crippen molar-refractivity contribution in [3.63, 3.8) is 0 Å². The predicted octanol–water partition coefficient (Wildman–Crippen LogP) is -0.323. The Balaban J connectivity index is 3.92. The van der Waals surface area contributed by atoms with Crippen LogP contribution in [-0.2, 0) is 18.5 Å². The summed E-state index contributed by atoms with van der Waals surface area (Å²) in [7, 11) is 1.56. The highest BCUT2D eigenvalue weighted by Gasteiger charge is 2.24. The Morgan fingerprint density at radius 2 is 1.88 bits per heavy atom. The van der Waals surface area contributed by atoms with Crippen LogP contribution in [0.4, 0.5) is 0 Å². The van der Waals surface area contributed by atoms with Gasteiger partial charge in [0.25, 0.3) is 0 Å². The lowest BCUT2D eigenvalue weighted by atomic mass is 10.4. The van der Waals surface area contributed by atoms with Gasteiger partial charge in [-0.25, -0.2) is 9.45 Å². The maximum Gasteiger partial charge on any atom is 0.472 e. The minimum Gasteiger partial charge on any atom is -0.393 e. The van der Waals surface area contributed by atoms with Gasteiger partial charge in [0.2, 0.25) is 0 Å². The minimum absolute atomic E-state index is 0.0566. The summed E-state index contributed by atoms with van der Waals surface area (Å²) in [6.45, 7) is -0.380. The lowest BCUT2D eigenvalue weighted by Gasteiger charge is -2.24. The molecule has 0 bridgehead atoms. The molecular weight excluding hydrogens is 253 g/mol. The van der Waals surface area contributed by atoms with Gasteiger partial charge in [0.05, 0.1) is 34.4 Å². The molecule has 0 radical (unpaired) electrons. The molecule has 0 fully saturated rings. The summed E-state index contributed by atoms with van der Waals surface area (Å²) in [4.78, 5) is 13.0. The maximum absolute atomic E-state index is 11.3. The molecule has 2 atom stereocenters. The van der Waals surface area contributed by atoms with Crippen molar-refractivity contribution < 1.29 is 38.2 Å². The molecule has 0 amide bonds. The standard InChI is InChI=1S/C8H20NO7P/c1-9(2,3)4-5-14-17(12,13)15-7-8(6-10)16-11/h8,10H,4-7H2,1-3H3,(H-,11,12,13)/p+1/t8-/m1/s1. The molecule has 3 N–H and O–H groups in total. The fourth-order valence-electron chi connectivity index (χ4n) is 0.761. The molecule has 1 unspecified atom stereocenters. The Labute approximate surface area is 100 Å². The molecule has 0 aliphatic heterocycles. The molecule has 0 aliphatic rings. The van der Waals surface area contributed by atoms with Crippen LogP contribution in [0.1, 0.15) is 0 Å². The fourth-order valence-corrected chi connectivity index (χ4v) is 1.50. The number of phosphoric acid groups is 1. The van der Waals surface area contributed by atoms with Crippen LogP contribution in [0.2, 0.25) is 0 Å². The molecular formula is C8H21NO7P+. The summed E-state index contributed by atoms with van der Waals surface area (Å²) < 4.78 is 21.1. The Kier molecular flexibility index (Phi) is 7.38. The zero-order valence-electron chi connectivity index (χ0n) is 10.3. The molecule has 9 heteroatoms. The molecule has 104 valence electrons. The van der Waals surface area contributed by atoms with Gasteiger partial charge < -0.3 is 14.5 Å². The van der Waals surface area contributed by atoms with Crippen molar-refractivity contribution in [2.45, 2.75) is 6.10 Å². The highest BCUT2D eigenvalue weighted by molar-refractivity contribution is 7.47. The molecule has 0 saturated heterocycles. The molecule has 0 rings (SSSR count). The van der Waals surface area contributed by atoms with Crippen molar-refractivity contribution in [3.05, 3.63) is 0 Å². The van der Waals surface area contributed by atoms with Crippen molar-refractivity contribution in [1.29, 1.82) is 0 Å². The van der Waals surface area contributed by atoms with Gasteiger partial charge in [-0.05, 0) is 0 Å². The van der Waals surface area contributed by atoms with E-state index in [0.717, 1.165) is 0 Å². The van der Waals surface area contributed by atoms with Gasteiger partial charge in [-0.2, -0.15) is 0 Å². The van der Waals surface area contributed by atoms with Crippen LogP contribution < -0.4 is 0 Å². The smallest absolute Gasteiger partial charge is 0.393 e. The maximum atomic E-state index is 11.3. The van der Waals surface area contributed by atoms with Crippen molar-refractivity contribution in [1.82, 2.24) is 0 Å². The first-order chi connectivity index (χ1) is 7.70. The van der Waals surface area contributed by atoms with Gasteiger partial charge in [-0.3, -0.25) is 14.3 Å². The minimum atomic E-state index is -4.17. The first kappa shape index (κ1) is 16.9.